The molecule has 0 bridgehead atoms. The van der Waals surface area contributed by atoms with Gasteiger partial charge in [0.2, 0.25) is 0 Å². The average molecular weight is 259 g/mol. The lowest BCUT2D eigenvalue weighted by molar-refractivity contribution is -0.139. The van der Waals surface area contributed by atoms with Crippen LogP contribution in [0.2, 0.25) is 0 Å². The van der Waals surface area contributed by atoms with E-state index in [-0.39, 0.29) is 12.8 Å². The topological polar surface area (TPSA) is 107 Å². The first-order chi connectivity index (χ1) is 8.36. The summed E-state index contributed by atoms with van der Waals surface area (Å²) in [5.74, 6) is -2.20. The van der Waals surface area contributed by atoms with Crippen molar-refractivity contribution >= 4 is 11.9 Å². The molecule has 4 N–H and O–H groups in total. The van der Waals surface area contributed by atoms with Crippen LogP contribution in [0.4, 0.5) is 0 Å². The molecule has 0 aromatic heterocycles. The summed E-state index contributed by atoms with van der Waals surface area (Å²) in [6, 6.07) is -1.06. The Morgan fingerprint density at radius 1 is 1.39 bits per heavy atom. The summed E-state index contributed by atoms with van der Waals surface area (Å²) in [6.07, 6.45) is 3.97. The molecule has 104 valence electrons. The second-order valence-electron chi connectivity index (χ2n) is 3.98. The standard InChI is InChI=1S/C6H12N2.C5H9NO4/c1-3-8-5-4-7(2)6-8;6-3(5(9)10)1-2-4(7)8/h4-5H,3,6H2,1-2H3;3H,1-2,6H2,(H,7,8)(H,9,10). The van der Waals surface area contributed by atoms with Crippen LogP contribution in [0.15, 0.2) is 12.4 Å². The number of nitrogens with zero attached hydrogens (tertiary/aromatic N) is 2. The molecule has 1 unspecified atom stereocenters. The third-order valence-electron chi connectivity index (χ3n) is 2.33. The van der Waals surface area contributed by atoms with Gasteiger partial charge in [-0.15, -0.1) is 0 Å². The number of carboxylic acids is 2. The fourth-order valence-corrected chi connectivity index (χ4v) is 1.20. The van der Waals surface area contributed by atoms with Crippen LogP contribution in [0.1, 0.15) is 19.8 Å². The molecule has 0 fully saturated rings. The molecule has 7 heteroatoms. The van der Waals surface area contributed by atoms with Gasteiger partial charge < -0.3 is 25.7 Å². The monoisotopic (exact) mass is 259 g/mol. The first kappa shape index (κ1) is 16.2. The minimum Gasteiger partial charge on any atom is -0.481 e. The maximum Gasteiger partial charge on any atom is 0.320 e. The van der Waals surface area contributed by atoms with Gasteiger partial charge in [0.15, 0.2) is 0 Å². The van der Waals surface area contributed by atoms with Crippen molar-refractivity contribution in [2.75, 3.05) is 20.3 Å². The maximum absolute atomic E-state index is 9.99. The van der Waals surface area contributed by atoms with Crippen molar-refractivity contribution in [2.24, 2.45) is 5.73 Å². The van der Waals surface area contributed by atoms with Gasteiger partial charge in [-0.25, -0.2) is 0 Å². The molecule has 1 rings (SSSR count). The highest BCUT2D eigenvalue weighted by molar-refractivity contribution is 5.74. The lowest BCUT2D eigenvalue weighted by Gasteiger charge is -2.14. The Kier molecular flexibility index (Phi) is 7.53. The molecule has 0 aromatic rings. The molecule has 1 atom stereocenters. The van der Waals surface area contributed by atoms with E-state index in [1.165, 1.54) is 0 Å². The fraction of sp³-hybridized carbons (Fsp3) is 0.636. The second kappa shape index (κ2) is 8.35. The molecule has 0 radical (unpaired) electrons. The summed E-state index contributed by atoms with van der Waals surface area (Å²) < 4.78 is 0. The number of carbonyl (C=O) groups is 2. The summed E-state index contributed by atoms with van der Waals surface area (Å²) in [5.41, 5.74) is 5.00. The smallest absolute Gasteiger partial charge is 0.320 e. The number of hydrogen-bond acceptors (Lipinski definition) is 5. The Balaban J connectivity index is 0.000000327. The van der Waals surface area contributed by atoms with Crippen molar-refractivity contribution in [3.05, 3.63) is 12.4 Å². The van der Waals surface area contributed by atoms with Crippen molar-refractivity contribution in [2.45, 2.75) is 25.8 Å². The van der Waals surface area contributed by atoms with Gasteiger partial charge in [-0.2, -0.15) is 0 Å². The zero-order valence-corrected chi connectivity index (χ0v) is 10.7. The van der Waals surface area contributed by atoms with Gasteiger partial charge in [-0.3, -0.25) is 9.59 Å². The summed E-state index contributed by atoms with van der Waals surface area (Å²) in [7, 11) is 2.08. The molecular formula is C11H21N3O4. The zero-order valence-electron chi connectivity index (χ0n) is 10.7. The van der Waals surface area contributed by atoms with Gasteiger partial charge in [0.25, 0.3) is 0 Å². The second-order valence-corrected chi connectivity index (χ2v) is 3.98. The first-order valence-electron chi connectivity index (χ1n) is 5.69. The van der Waals surface area contributed by atoms with E-state index < -0.39 is 18.0 Å². The molecule has 1 heterocycles. The molecule has 0 amide bonds. The van der Waals surface area contributed by atoms with E-state index in [1.807, 2.05) is 0 Å². The Morgan fingerprint density at radius 2 is 2.00 bits per heavy atom. The number of carboxylic acid groups (broad SMARTS) is 2. The van der Waals surface area contributed by atoms with Crippen molar-refractivity contribution < 1.29 is 19.8 Å². The van der Waals surface area contributed by atoms with Crippen molar-refractivity contribution in [3.63, 3.8) is 0 Å². The highest BCUT2D eigenvalue weighted by atomic mass is 16.4. The Hall–Kier alpha value is -1.76. The third-order valence-corrected chi connectivity index (χ3v) is 2.33. The van der Waals surface area contributed by atoms with Crippen LogP contribution in [0, 0.1) is 0 Å². The van der Waals surface area contributed by atoms with Crippen LogP contribution < -0.4 is 5.73 Å². The van der Waals surface area contributed by atoms with E-state index in [0.29, 0.717) is 0 Å². The van der Waals surface area contributed by atoms with E-state index in [2.05, 4.69) is 36.2 Å². The summed E-state index contributed by atoms with van der Waals surface area (Å²) in [6.45, 7) is 4.32. The molecular weight excluding hydrogens is 238 g/mol. The number of hydrogen-bond donors (Lipinski definition) is 3. The average Bonchev–Trinajstić information content (AvgIpc) is 2.72. The SMILES string of the molecule is CCN1C=CN(C)C1.NC(CCC(=O)O)C(=O)O. The van der Waals surface area contributed by atoms with E-state index >= 15 is 0 Å². The van der Waals surface area contributed by atoms with Crippen LogP contribution >= 0.6 is 0 Å². The highest BCUT2D eigenvalue weighted by Crippen LogP contribution is 2.00. The lowest BCUT2D eigenvalue weighted by atomic mass is 10.2. The summed E-state index contributed by atoms with van der Waals surface area (Å²) >= 11 is 0. The summed E-state index contributed by atoms with van der Waals surface area (Å²) in [4.78, 5) is 24.3. The van der Waals surface area contributed by atoms with Crippen molar-refractivity contribution in [1.29, 1.82) is 0 Å². The third kappa shape index (κ3) is 7.50. The normalized spacial score (nSPS) is 15.1. The first-order valence-corrected chi connectivity index (χ1v) is 5.69. The minimum atomic E-state index is -1.17. The molecule has 0 saturated carbocycles. The predicted octanol–water partition coefficient (Wildman–Crippen LogP) is -0.0545. The van der Waals surface area contributed by atoms with Gasteiger partial charge in [0.05, 0.1) is 6.67 Å². The van der Waals surface area contributed by atoms with Crippen molar-refractivity contribution in [3.8, 4) is 0 Å². The molecule has 0 spiro atoms. The predicted molar refractivity (Wildman–Crippen MR) is 66.6 cm³/mol. The zero-order chi connectivity index (χ0) is 14.1. The number of aliphatic carboxylic acids is 2. The van der Waals surface area contributed by atoms with Crippen LogP contribution in [0.3, 0.4) is 0 Å². The fourth-order valence-electron chi connectivity index (χ4n) is 1.20. The number of nitrogens with two attached hydrogens (primary N) is 1. The van der Waals surface area contributed by atoms with Crippen LogP contribution in [-0.2, 0) is 9.59 Å². The van der Waals surface area contributed by atoms with Gasteiger partial charge >= 0.3 is 11.9 Å². The highest BCUT2D eigenvalue weighted by Gasteiger charge is 2.12. The largest absolute Gasteiger partial charge is 0.481 e. The van der Waals surface area contributed by atoms with Gasteiger partial charge in [0.1, 0.15) is 6.04 Å². The quantitative estimate of drug-likeness (QED) is 0.635. The van der Waals surface area contributed by atoms with Gasteiger partial charge in [-0.05, 0) is 13.3 Å². The molecule has 7 nitrogen and oxygen atoms in total. The Bertz CT molecular complexity index is 307. The Morgan fingerprint density at radius 3 is 2.28 bits per heavy atom. The molecule has 1 aliphatic rings. The maximum atomic E-state index is 9.99. The van der Waals surface area contributed by atoms with Crippen LogP contribution in [-0.4, -0.2) is 58.3 Å². The minimum absolute atomic E-state index is 0.0231. The van der Waals surface area contributed by atoms with Crippen LogP contribution in [0.25, 0.3) is 0 Å². The van der Waals surface area contributed by atoms with Gasteiger partial charge in [-0.1, -0.05) is 0 Å². The number of rotatable bonds is 5. The lowest BCUT2D eigenvalue weighted by Crippen LogP contribution is -2.30. The molecule has 0 aliphatic carbocycles. The van der Waals surface area contributed by atoms with E-state index in [4.69, 9.17) is 15.9 Å². The van der Waals surface area contributed by atoms with Crippen molar-refractivity contribution in [1.82, 2.24) is 9.80 Å². The summed E-state index contributed by atoms with van der Waals surface area (Å²) in [5, 5.41) is 16.3. The Labute approximate surface area is 106 Å². The molecule has 0 saturated heterocycles. The van der Waals surface area contributed by atoms with Crippen LogP contribution in [0.5, 0.6) is 0 Å². The van der Waals surface area contributed by atoms with E-state index in [9.17, 15) is 9.59 Å². The van der Waals surface area contributed by atoms with E-state index in [1.54, 1.807) is 0 Å². The molecule has 0 aromatic carbocycles. The van der Waals surface area contributed by atoms with E-state index in [0.717, 1.165) is 13.2 Å². The van der Waals surface area contributed by atoms with Gasteiger partial charge in [0, 0.05) is 32.4 Å². The molecule has 1 aliphatic heterocycles. The molecule has 18 heavy (non-hydrogen) atoms.